The summed E-state index contributed by atoms with van der Waals surface area (Å²) in [7, 11) is 6.82. The Morgan fingerprint density at radius 2 is 1.86 bits per heavy atom. The van der Waals surface area contributed by atoms with Gasteiger partial charge in [0.15, 0.2) is 0 Å². The Bertz CT molecular complexity index is 676. The fourth-order valence-electron chi connectivity index (χ4n) is 4.38. The van der Waals surface area contributed by atoms with E-state index in [1.54, 1.807) is 7.11 Å². The number of likely N-dealkylation sites (tertiary alicyclic amines) is 1. The van der Waals surface area contributed by atoms with Gasteiger partial charge in [0.25, 0.3) is 0 Å². The Balaban J connectivity index is 2.45. The van der Waals surface area contributed by atoms with Crippen LogP contribution in [0, 0.1) is 5.92 Å². The third-order valence-corrected chi connectivity index (χ3v) is 6.18. The van der Waals surface area contributed by atoms with Crippen LogP contribution in [0.3, 0.4) is 0 Å². The second-order valence-corrected chi connectivity index (χ2v) is 7.63. The van der Waals surface area contributed by atoms with Gasteiger partial charge in [-0.1, -0.05) is 32.4 Å². The average Bonchev–Trinajstić information content (AvgIpc) is 3.04. The van der Waals surface area contributed by atoms with Crippen molar-refractivity contribution in [1.29, 1.82) is 0 Å². The zero-order chi connectivity index (χ0) is 20.9. The molecule has 1 aliphatic rings. The molecule has 0 aliphatic carbocycles. The highest BCUT2D eigenvalue weighted by molar-refractivity contribution is 5.86. The molecule has 28 heavy (non-hydrogen) atoms. The van der Waals surface area contributed by atoms with Crippen molar-refractivity contribution in [1.82, 2.24) is 9.80 Å². The maximum atomic E-state index is 13.3. The summed E-state index contributed by atoms with van der Waals surface area (Å²) >= 11 is 0. The number of amides is 1. The normalized spacial score (nSPS) is 24.8. The van der Waals surface area contributed by atoms with E-state index in [9.17, 15) is 9.59 Å². The van der Waals surface area contributed by atoms with E-state index < -0.39 is 5.54 Å². The standard InChI is InChI=1S/C22H34N2O4/c1-7-9-14-23(3)20(25)18-15-22(8-2,21(26)28-6)24(4)19(18)16-10-12-17(27-5)13-11-16/h10-13,18-19H,7-9,14-15H2,1-6H3/t18-,19-,22-/m0/s1. The van der Waals surface area contributed by atoms with Crippen LogP contribution in [0.15, 0.2) is 24.3 Å². The second-order valence-electron chi connectivity index (χ2n) is 7.63. The first-order valence-electron chi connectivity index (χ1n) is 10.1. The quantitative estimate of drug-likeness (QED) is 0.638. The number of rotatable bonds is 8. The van der Waals surface area contributed by atoms with Crippen molar-refractivity contribution >= 4 is 11.9 Å². The molecule has 0 saturated carbocycles. The van der Waals surface area contributed by atoms with Crippen LogP contribution >= 0.6 is 0 Å². The number of carbonyl (C=O) groups excluding carboxylic acids is 2. The molecule has 1 amide bonds. The minimum Gasteiger partial charge on any atom is -0.497 e. The predicted octanol–water partition coefficient (Wildman–Crippen LogP) is 3.27. The van der Waals surface area contributed by atoms with Crippen LogP contribution in [0.1, 0.15) is 51.1 Å². The molecule has 0 N–H and O–H groups in total. The molecular weight excluding hydrogens is 356 g/mol. The van der Waals surface area contributed by atoms with Crippen molar-refractivity contribution in [3.05, 3.63) is 29.8 Å². The number of likely N-dealkylation sites (N-methyl/N-ethyl adjacent to an activating group) is 1. The number of esters is 1. The minimum absolute atomic E-state index is 0.0837. The lowest BCUT2D eigenvalue weighted by atomic mass is 9.86. The van der Waals surface area contributed by atoms with Gasteiger partial charge in [0.1, 0.15) is 11.3 Å². The van der Waals surface area contributed by atoms with E-state index in [2.05, 4.69) is 6.92 Å². The second kappa shape index (κ2) is 9.41. The zero-order valence-electron chi connectivity index (χ0n) is 18.0. The fraction of sp³-hybridized carbons (Fsp3) is 0.636. The Morgan fingerprint density at radius 1 is 1.21 bits per heavy atom. The first kappa shape index (κ1) is 22.2. The number of nitrogens with zero attached hydrogens (tertiary/aromatic N) is 2. The van der Waals surface area contributed by atoms with Crippen LogP contribution in [0.4, 0.5) is 0 Å². The zero-order valence-corrected chi connectivity index (χ0v) is 18.0. The first-order valence-corrected chi connectivity index (χ1v) is 10.1. The van der Waals surface area contributed by atoms with Crippen LogP contribution in [-0.4, -0.2) is 62.1 Å². The molecule has 0 aromatic heterocycles. The maximum Gasteiger partial charge on any atom is 0.326 e. The van der Waals surface area contributed by atoms with E-state index in [0.29, 0.717) is 12.8 Å². The first-order chi connectivity index (χ1) is 13.4. The van der Waals surface area contributed by atoms with Crippen molar-refractivity contribution in [2.24, 2.45) is 5.92 Å². The Kier molecular flexibility index (Phi) is 7.47. The molecule has 3 atom stereocenters. The molecule has 1 aromatic rings. The van der Waals surface area contributed by atoms with Crippen LogP contribution in [0.2, 0.25) is 0 Å². The molecule has 6 nitrogen and oxygen atoms in total. The van der Waals surface area contributed by atoms with Gasteiger partial charge in [-0.3, -0.25) is 14.5 Å². The molecule has 2 rings (SSSR count). The van der Waals surface area contributed by atoms with E-state index in [4.69, 9.17) is 9.47 Å². The molecule has 0 unspecified atom stereocenters. The molecule has 0 spiro atoms. The molecule has 1 heterocycles. The molecule has 1 aromatic carbocycles. The summed E-state index contributed by atoms with van der Waals surface area (Å²) in [4.78, 5) is 29.9. The molecule has 1 saturated heterocycles. The number of carbonyl (C=O) groups is 2. The molecule has 1 aliphatic heterocycles. The van der Waals surface area contributed by atoms with Crippen LogP contribution in [0.5, 0.6) is 5.75 Å². The van der Waals surface area contributed by atoms with Gasteiger partial charge >= 0.3 is 5.97 Å². The summed E-state index contributed by atoms with van der Waals surface area (Å²) in [6.45, 7) is 4.82. The molecular formula is C22H34N2O4. The molecule has 0 bridgehead atoms. The van der Waals surface area contributed by atoms with Crippen LogP contribution in [-0.2, 0) is 14.3 Å². The number of hydrogen-bond acceptors (Lipinski definition) is 5. The maximum absolute atomic E-state index is 13.3. The smallest absolute Gasteiger partial charge is 0.326 e. The van der Waals surface area contributed by atoms with Crippen molar-refractivity contribution in [2.45, 2.75) is 51.1 Å². The number of methoxy groups -OCH3 is 2. The third-order valence-electron chi connectivity index (χ3n) is 6.18. The largest absolute Gasteiger partial charge is 0.497 e. The van der Waals surface area contributed by atoms with E-state index >= 15 is 0 Å². The van der Waals surface area contributed by atoms with Gasteiger partial charge in [-0.15, -0.1) is 0 Å². The topological polar surface area (TPSA) is 59.1 Å². The molecule has 1 fully saturated rings. The van der Waals surface area contributed by atoms with E-state index in [1.165, 1.54) is 7.11 Å². The van der Waals surface area contributed by atoms with Crippen LogP contribution < -0.4 is 4.74 Å². The van der Waals surface area contributed by atoms with E-state index in [-0.39, 0.29) is 23.8 Å². The van der Waals surface area contributed by atoms with E-state index in [0.717, 1.165) is 30.7 Å². The van der Waals surface area contributed by atoms with Gasteiger partial charge in [0, 0.05) is 19.6 Å². The fourth-order valence-corrected chi connectivity index (χ4v) is 4.38. The summed E-state index contributed by atoms with van der Waals surface area (Å²) in [6.07, 6.45) is 3.04. The summed E-state index contributed by atoms with van der Waals surface area (Å²) < 4.78 is 10.4. The van der Waals surface area contributed by atoms with Crippen molar-refractivity contribution in [3.63, 3.8) is 0 Å². The summed E-state index contributed by atoms with van der Waals surface area (Å²) in [5.41, 5.74) is 0.204. The summed E-state index contributed by atoms with van der Waals surface area (Å²) in [5.74, 6) is 0.268. The van der Waals surface area contributed by atoms with Gasteiger partial charge in [0.2, 0.25) is 5.91 Å². The molecule has 156 valence electrons. The Morgan fingerprint density at radius 3 is 2.36 bits per heavy atom. The van der Waals surface area contributed by atoms with Crippen molar-refractivity contribution in [3.8, 4) is 5.75 Å². The van der Waals surface area contributed by atoms with Gasteiger partial charge in [-0.05, 0) is 44.0 Å². The highest BCUT2D eigenvalue weighted by Gasteiger charge is 2.56. The Hall–Kier alpha value is -2.08. The lowest BCUT2D eigenvalue weighted by molar-refractivity contribution is -0.153. The van der Waals surface area contributed by atoms with Crippen LogP contribution in [0.25, 0.3) is 0 Å². The SMILES string of the molecule is CCCCN(C)C(=O)[C@H]1C[C@@](CC)(C(=O)OC)N(C)[C@H]1c1ccc(OC)cc1. The van der Waals surface area contributed by atoms with Gasteiger partial charge in [0.05, 0.1) is 20.1 Å². The highest BCUT2D eigenvalue weighted by Crippen LogP contribution is 2.48. The molecule has 0 radical (unpaired) electrons. The average molecular weight is 391 g/mol. The summed E-state index contributed by atoms with van der Waals surface area (Å²) in [5, 5.41) is 0. The molecule has 6 heteroatoms. The van der Waals surface area contributed by atoms with E-state index in [1.807, 2.05) is 55.1 Å². The van der Waals surface area contributed by atoms with Crippen molar-refractivity contribution in [2.75, 3.05) is 34.9 Å². The third kappa shape index (κ3) is 4.02. The number of unbranched alkanes of at least 4 members (excludes halogenated alkanes) is 1. The predicted molar refractivity (Wildman–Crippen MR) is 109 cm³/mol. The lowest BCUT2D eigenvalue weighted by Gasteiger charge is -2.35. The Labute approximate surface area is 168 Å². The monoisotopic (exact) mass is 390 g/mol. The van der Waals surface area contributed by atoms with Gasteiger partial charge in [-0.2, -0.15) is 0 Å². The van der Waals surface area contributed by atoms with Gasteiger partial charge in [-0.25, -0.2) is 0 Å². The minimum atomic E-state index is -0.800. The summed E-state index contributed by atoms with van der Waals surface area (Å²) in [6, 6.07) is 7.57. The lowest BCUT2D eigenvalue weighted by Crippen LogP contribution is -2.49. The number of benzene rings is 1. The highest BCUT2D eigenvalue weighted by atomic mass is 16.5. The number of ether oxygens (including phenoxy) is 2. The van der Waals surface area contributed by atoms with Crippen molar-refractivity contribution < 1.29 is 19.1 Å². The van der Waals surface area contributed by atoms with Gasteiger partial charge < -0.3 is 14.4 Å². The number of hydrogen-bond donors (Lipinski definition) is 0.